The summed E-state index contributed by atoms with van der Waals surface area (Å²) in [6.07, 6.45) is 3.94. The van der Waals surface area contributed by atoms with Gasteiger partial charge in [-0.3, -0.25) is 0 Å². The number of rotatable bonds is 4. The Morgan fingerprint density at radius 1 is 1.56 bits per heavy atom. The third-order valence-electron chi connectivity index (χ3n) is 2.90. The number of anilines is 1. The van der Waals surface area contributed by atoms with E-state index in [-0.39, 0.29) is 0 Å². The van der Waals surface area contributed by atoms with Crippen molar-refractivity contribution in [3.8, 4) is 6.07 Å². The lowest BCUT2D eigenvalue weighted by Crippen LogP contribution is -2.20. The first-order valence-electron chi connectivity index (χ1n) is 5.48. The molecule has 84 valence electrons. The zero-order chi connectivity index (χ0) is 11.5. The minimum absolute atomic E-state index is 0.303. The first-order valence-corrected chi connectivity index (χ1v) is 5.86. The summed E-state index contributed by atoms with van der Waals surface area (Å²) in [5.74, 6) is 1.73. The summed E-state index contributed by atoms with van der Waals surface area (Å²) in [5.41, 5.74) is 0.303. The summed E-state index contributed by atoms with van der Waals surface area (Å²) >= 11 is 5.84. The topological polar surface area (TPSA) is 39.9 Å². The Bertz CT molecular complexity index is 421. The SMILES string of the molecule is CN(CCC1CC1)c1ccc(Cl)c(C#N)n1. The second-order valence-corrected chi connectivity index (χ2v) is 4.67. The van der Waals surface area contributed by atoms with Gasteiger partial charge in [0.15, 0.2) is 5.69 Å². The van der Waals surface area contributed by atoms with Gasteiger partial charge in [-0.05, 0) is 24.5 Å². The zero-order valence-electron chi connectivity index (χ0n) is 9.28. The number of halogens is 1. The van der Waals surface area contributed by atoms with Gasteiger partial charge >= 0.3 is 0 Å². The second kappa shape index (κ2) is 4.71. The molecule has 0 atom stereocenters. The Morgan fingerprint density at radius 2 is 2.31 bits per heavy atom. The molecule has 0 amide bonds. The van der Waals surface area contributed by atoms with Crippen molar-refractivity contribution in [2.75, 3.05) is 18.5 Å². The van der Waals surface area contributed by atoms with Gasteiger partial charge < -0.3 is 4.90 Å². The molecule has 0 radical (unpaired) electrons. The average Bonchev–Trinajstić information content (AvgIpc) is 3.10. The van der Waals surface area contributed by atoms with Crippen molar-refractivity contribution in [3.05, 3.63) is 22.8 Å². The molecule has 1 aliphatic carbocycles. The molecule has 0 bridgehead atoms. The van der Waals surface area contributed by atoms with Crippen molar-refractivity contribution >= 4 is 17.4 Å². The smallest absolute Gasteiger partial charge is 0.161 e. The average molecular weight is 236 g/mol. The minimum atomic E-state index is 0.303. The third-order valence-corrected chi connectivity index (χ3v) is 3.20. The van der Waals surface area contributed by atoms with E-state index in [0.717, 1.165) is 18.3 Å². The summed E-state index contributed by atoms with van der Waals surface area (Å²) in [7, 11) is 2.00. The fourth-order valence-corrected chi connectivity index (χ4v) is 1.77. The predicted molar refractivity (Wildman–Crippen MR) is 64.6 cm³/mol. The van der Waals surface area contributed by atoms with Crippen LogP contribution in [-0.4, -0.2) is 18.6 Å². The molecule has 0 saturated heterocycles. The molecular weight excluding hydrogens is 222 g/mol. The molecule has 1 aliphatic rings. The van der Waals surface area contributed by atoms with Crippen molar-refractivity contribution in [1.29, 1.82) is 5.26 Å². The van der Waals surface area contributed by atoms with Crippen LogP contribution >= 0.6 is 11.6 Å². The quantitative estimate of drug-likeness (QED) is 0.806. The lowest BCUT2D eigenvalue weighted by Gasteiger charge is -2.18. The van der Waals surface area contributed by atoms with E-state index in [9.17, 15) is 0 Å². The molecule has 1 aromatic rings. The maximum absolute atomic E-state index is 8.84. The standard InChI is InChI=1S/C12H14ClN3/c1-16(7-6-9-2-3-9)12-5-4-10(13)11(8-14)15-12/h4-5,9H,2-3,6-7H2,1H3. The van der Waals surface area contributed by atoms with E-state index in [1.807, 2.05) is 19.2 Å². The summed E-state index contributed by atoms with van der Waals surface area (Å²) in [5, 5.41) is 9.26. The number of nitrogens with zero attached hydrogens (tertiary/aromatic N) is 3. The molecule has 2 rings (SSSR count). The number of hydrogen-bond acceptors (Lipinski definition) is 3. The minimum Gasteiger partial charge on any atom is -0.360 e. The predicted octanol–water partition coefficient (Wildman–Crippen LogP) is 2.84. The van der Waals surface area contributed by atoms with E-state index < -0.39 is 0 Å². The molecule has 0 spiro atoms. The van der Waals surface area contributed by atoms with Gasteiger partial charge in [0, 0.05) is 13.6 Å². The van der Waals surface area contributed by atoms with Crippen LogP contribution in [0.3, 0.4) is 0 Å². The molecule has 0 N–H and O–H groups in total. The molecule has 16 heavy (non-hydrogen) atoms. The molecule has 1 aromatic heterocycles. The summed E-state index contributed by atoms with van der Waals surface area (Å²) in [6.45, 7) is 0.990. The Labute approximate surface area is 101 Å². The van der Waals surface area contributed by atoms with Crippen LogP contribution in [0.5, 0.6) is 0 Å². The van der Waals surface area contributed by atoms with Crippen LogP contribution in [0.25, 0.3) is 0 Å². The maximum Gasteiger partial charge on any atom is 0.161 e. The van der Waals surface area contributed by atoms with Crippen molar-refractivity contribution < 1.29 is 0 Å². The molecule has 0 aromatic carbocycles. The van der Waals surface area contributed by atoms with Crippen LogP contribution in [0.1, 0.15) is 25.0 Å². The van der Waals surface area contributed by atoms with Crippen molar-refractivity contribution in [2.45, 2.75) is 19.3 Å². The maximum atomic E-state index is 8.84. The molecule has 1 heterocycles. The van der Waals surface area contributed by atoms with Crippen LogP contribution in [0, 0.1) is 17.2 Å². The van der Waals surface area contributed by atoms with Gasteiger partial charge in [0.1, 0.15) is 11.9 Å². The van der Waals surface area contributed by atoms with Gasteiger partial charge in [-0.25, -0.2) is 4.98 Å². The molecule has 0 unspecified atom stereocenters. The molecule has 1 saturated carbocycles. The van der Waals surface area contributed by atoms with Gasteiger partial charge in [-0.1, -0.05) is 24.4 Å². The lowest BCUT2D eigenvalue weighted by atomic mass is 10.3. The number of hydrogen-bond donors (Lipinski definition) is 0. The third kappa shape index (κ3) is 2.65. The molecule has 1 fully saturated rings. The molecule has 4 heteroatoms. The Balaban J connectivity index is 2.04. The fourth-order valence-electron chi connectivity index (χ4n) is 1.62. The van der Waals surface area contributed by atoms with E-state index in [1.54, 1.807) is 6.07 Å². The van der Waals surface area contributed by atoms with Gasteiger partial charge in [0.25, 0.3) is 0 Å². The van der Waals surface area contributed by atoms with Gasteiger partial charge in [0.2, 0.25) is 0 Å². The first-order chi connectivity index (χ1) is 7.70. The molecule has 0 aliphatic heterocycles. The Hall–Kier alpha value is -1.27. The van der Waals surface area contributed by atoms with Crippen molar-refractivity contribution in [1.82, 2.24) is 4.98 Å². The summed E-state index contributed by atoms with van der Waals surface area (Å²) in [6, 6.07) is 5.59. The number of nitriles is 1. The zero-order valence-corrected chi connectivity index (χ0v) is 10.0. The normalized spacial score (nSPS) is 14.6. The van der Waals surface area contributed by atoms with Crippen LogP contribution in [0.15, 0.2) is 12.1 Å². The first kappa shape index (κ1) is 11.2. The molecule has 3 nitrogen and oxygen atoms in total. The lowest BCUT2D eigenvalue weighted by molar-refractivity contribution is 0.706. The van der Waals surface area contributed by atoms with E-state index in [4.69, 9.17) is 16.9 Å². The van der Waals surface area contributed by atoms with Gasteiger partial charge in [-0.15, -0.1) is 0 Å². The largest absolute Gasteiger partial charge is 0.360 e. The van der Waals surface area contributed by atoms with E-state index in [2.05, 4.69) is 9.88 Å². The van der Waals surface area contributed by atoms with Gasteiger partial charge in [-0.2, -0.15) is 5.26 Å². The highest BCUT2D eigenvalue weighted by Crippen LogP contribution is 2.32. The monoisotopic (exact) mass is 235 g/mol. The van der Waals surface area contributed by atoms with E-state index in [0.29, 0.717) is 10.7 Å². The van der Waals surface area contributed by atoms with Crippen LogP contribution in [-0.2, 0) is 0 Å². The molecular formula is C12H14ClN3. The highest BCUT2D eigenvalue weighted by molar-refractivity contribution is 6.31. The fraction of sp³-hybridized carbons (Fsp3) is 0.500. The van der Waals surface area contributed by atoms with Crippen LogP contribution in [0.4, 0.5) is 5.82 Å². The highest BCUT2D eigenvalue weighted by Gasteiger charge is 2.21. The van der Waals surface area contributed by atoms with E-state index in [1.165, 1.54) is 19.3 Å². The van der Waals surface area contributed by atoms with Crippen LogP contribution < -0.4 is 4.90 Å². The van der Waals surface area contributed by atoms with Crippen LogP contribution in [0.2, 0.25) is 5.02 Å². The van der Waals surface area contributed by atoms with E-state index >= 15 is 0 Å². The Morgan fingerprint density at radius 3 is 2.94 bits per heavy atom. The number of pyridine rings is 1. The highest BCUT2D eigenvalue weighted by atomic mass is 35.5. The number of aromatic nitrogens is 1. The summed E-state index contributed by atoms with van der Waals surface area (Å²) in [4.78, 5) is 6.30. The Kier molecular flexibility index (Phi) is 3.31. The van der Waals surface area contributed by atoms with Crippen molar-refractivity contribution in [2.24, 2.45) is 5.92 Å². The second-order valence-electron chi connectivity index (χ2n) is 4.27. The van der Waals surface area contributed by atoms with Crippen molar-refractivity contribution in [3.63, 3.8) is 0 Å². The summed E-state index contributed by atoms with van der Waals surface area (Å²) < 4.78 is 0. The van der Waals surface area contributed by atoms with Gasteiger partial charge in [0.05, 0.1) is 5.02 Å².